The molecule has 0 aromatic carbocycles. The molecule has 1 aliphatic heterocycles. The van der Waals surface area contributed by atoms with Crippen molar-refractivity contribution in [3.05, 3.63) is 12.4 Å². The summed E-state index contributed by atoms with van der Waals surface area (Å²) in [4.78, 5) is 4.61. The second-order valence-corrected chi connectivity index (χ2v) is 3.19. The predicted octanol–water partition coefficient (Wildman–Crippen LogP) is 1.85. The molecule has 0 radical (unpaired) electrons. The average Bonchev–Trinajstić information content (AvgIpc) is 2.31. The summed E-state index contributed by atoms with van der Waals surface area (Å²) in [7, 11) is 2.12. The Morgan fingerprint density at radius 2 is 2.09 bits per heavy atom. The molecule has 1 rings (SSSR count). The number of nitrogens with zero attached hydrogens (tertiary/aromatic N) is 2. The lowest BCUT2D eigenvalue weighted by Gasteiger charge is -2.26. The predicted molar refractivity (Wildman–Crippen MR) is 48.0 cm³/mol. The van der Waals surface area contributed by atoms with E-state index in [0.717, 1.165) is 0 Å². The molecule has 2 nitrogen and oxygen atoms in total. The Hall–Kier alpha value is -0.660. The topological polar surface area (TPSA) is 6.48 Å². The molecule has 0 aromatic rings. The van der Waals surface area contributed by atoms with Gasteiger partial charge in [-0.15, -0.1) is 0 Å². The van der Waals surface area contributed by atoms with Crippen molar-refractivity contribution in [3.63, 3.8) is 0 Å². The SMILES string of the molecule is CCCCN1C=CN(C)C1C. The number of rotatable bonds is 3. The third kappa shape index (κ3) is 1.88. The molecule has 0 saturated heterocycles. The molecule has 0 bridgehead atoms. The summed E-state index contributed by atoms with van der Waals surface area (Å²) < 4.78 is 0. The summed E-state index contributed by atoms with van der Waals surface area (Å²) in [5.41, 5.74) is 0. The lowest BCUT2D eigenvalue weighted by molar-refractivity contribution is 0.193. The second-order valence-electron chi connectivity index (χ2n) is 3.19. The third-order valence-electron chi connectivity index (χ3n) is 2.33. The van der Waals surface area contributed by atoms with E-state index in [4.69, 9.17) is 0 Å². The van der Waals surface area contributed by atoms with E-state index in [0.29, 0.717) is 6.17 Å². The van der Waals surface area contributed by atoms with Gasteiger partial charge in [0, 0.05) is 26.0 Å². The fourth-order valence-electron chi connectivity index (χ4n) is 1.28. The highest BCUT2D eigenvalue weighted by molar-refractivity contribution is 4.93. The van der Waals surface area contributed by atoms with E-state index in [1.165, 1.54) is 19.4 Å². The van der Waals surface area contributed by atoms with Crippen molar-refractivity contribution < 1.29 is 0 Å². The van der Waals surface area contributed by atoms with E-state index in [2.05, 4.69) is 43.1 Å². The largest absolute Gasteiger partial charge is 0.359 e. The van der Waals surface area contributed by atoms with Gasteiger partial charge >= 0.3 is 0 Å². The molecule has 64 valence electrons. The van der Waals surface area contributed by atoms with Crippen LogP contribution in [0.4, 0.5) is 0 Å². The van der Waals surface area contributed by atoms with E-state index < -0.39 is 0 Å². The van der Waals surface area contributed by atoms with Crippen LogP contribution in [-0.4, -0.2) is 29.6 Å². The maximum atomic E-state index is 2.38. The van der Waals surface area contributed by atoms with Gasteiger partial charge in [-0.2, -0.15) is 0 Å². The Bertz CT molecular complexity index is 142. The smallest absolute Gasteiger partial charge is 0.0974 e. The quantitative estimate of drug-likeness (QED) is 0.612. The maximum absolute atomic E-state index is 2.38. The van der Waals surface area contributed by atoms with Gasteiger partial charge < -0.3 is 9.80 Å². The maximum Gasteiger partial charge on any atom is 0.0974 e. The summed E-state index contributed by atoms with van der Waals surface area (Å²) in [6, 6.07) is 0. The summed E-state index contributed by atoms with van der Waals surface area (Å²) in [6.45, 7) is 5.66. The van der Waals surface area contributed by atoms with Crippen LogP contribution in [0.5, 0.6) is 0 Å². The van der Waals surface area contributed by atoms with Crippen molar-refractivity contribution in [1.82, 2.24) is 9.80 Å². The lowest BCUT2D eigenvalue weighted by Crippen LogP contribution is -2.33. The van der Waals surface area contributed by atoms with Crippen LogP contribution in [0.15, 0.2) is 12.4 Å². The van der Waals surface area contributed by atoms with Crippen LogP contribution in [0.1, 0.15) is 26.7 Å². The first-order chi connectivity index (χ1) is 5.25. The summed E-state index contributed by atoms with van der Waals surface area (Å²) in [5, 5.41) is 0. The first kappa shape index (κ1) is 8.44. The molecule has 0 aliphatic carbocycles. The summed E-state index contributed by atoms with van der Waals surface area (Å²) in [5.74, 6) is 0. The number of unbranched alkanes of at least 4 members (excludes halogenated alkanes) is 1. The van der Waals surface area contributed by atoms with Gasteiger partial charge in [-0.1, -0.05) is 13.3 Å². The lowest BCUT2D eigenvalue weighted by atomic mass is 10.3. The Balaban J connectivity index is 2.31. The third-order valence-corrected chi connectivity index (χ3v) is 2.33. The molecule has 1 unspecified atom stereocenters. The Labute approximate surface area is 69.5 Å². The second kappa shape index (κ2) is 3.65. The van der Waals surface area contributed by atoms with Crippen LogP contribution in [-0.2, 0) is 0 Å². The van der Waals surface area contributed by atoms with Crippen molar-refractivity contribution in [2.75, 3.05) is 13.6 Å². The first-order valence-corrected chi connectivity index (χ1v) is 4.41. The van der Waals surface area contributed by atoms with Gasteiger partial charge in [0.25, 0.3) is 0 Å². The van der Waals surface area contributed by atoms with Crippen LogP contribution >= 0.6 is 0 Å². The Morgan fingerprint density at radius 3 is 2.55 bits per heavy atom. The Morgan fingerprint density at radius 1 is 1.36 bits per heavy atom. The molecule has 1 atom stereocenters. The highest BCUT2D eigenvalue weighted by Crippen LogP contribution is 2.13. The van der Waals surface area contributed by atoms with Crippen LogP contribution in [0, 0.1) is 0 Å². The first-order valence-electron chi connectivity index (χ1n) is 4.41. The van der Waals surface area contributed by atoms with E-state index in [-0.39, 0.29) is 0 Å². The van der Waals surface area contributed by atoms with Gasteiger partial charge in [0.2, 0.25) is 0 Å². The molecule has 0 saturated carbocycles. The van der Waals surface area contributed by atoms with Crippen molar-refractivity contribution in [3.8, 4) is 0 Å². The van der Waals surface area contributed by atoms with E-state index in [9.17, 15) is 0 Å². The highest BCUT2D eigenvalue weighted by Gasteiger charge is 2.16. The average molecular weight is 154 g/mol. The number of hydrogen-bond donors (Lipinski definition) is 0. The molecule has 0 amide bonds. The number of hydrogen-bond acceptors (Lipinski definition) is 2. The van der Waals surface area contributed by atoms with Crippen LogP contribution in [0.25, 0.3) is 0 Å². The zero-order valence-corrected chi connectivity index (χ0v) is 7.75. The van der Waals surface area contributed by atoms with Gasteiger partial charge in [0.15, 0.2) is 0 Å². The molecule has 0 fully saturated rings. The molecule has 0 N–H and O–H groups in total. The van der Waals surface area contributed by atoms with Crippen LogP contribution in [0.3, 0.4) is 0 Å². The van der Waals surface area contributed by atoms with Crippen molar-refractivity contribution >= 4 is 0 Å². The molecule has 1 aliphatic rings. The van der Waals surface area contributed by atoms with E-state index in [1.807, 2.05) is 0 Å². The van der Waals surface area contributed by atoms with E-state index in [1.54, 1.807) is 0 Å². The zero-order chi connectivity index (χ0) is 8.27. The van der Waals surface area contributed by atoms with Crippen molar-refractivity contribution in [1.29, 1.82) is 0 Å². The molecule has 0 aromatic heterocycles. The van der Waals surface area contributed by atoms with E-state index >= 15 is 0 Å². The minimum absolute atomic E-state index is 0.557. The van der Waals surface area contributed by atoms with Crippen LogP contribution < -0.4 is 0 Å². The molecular formula is C9H18N2. The standard InChI is InChI=1S/C9H18N2/c1-4-5-6-11-8-7-10(3)9(11)2/h7-9H,4-6H2,1-3H3. The van der Waals surface area contributed by atoms with Crippen LogP contribution in [0.2, 0.25) is 0 Å². The minimum Gasteiger partial charge on any atom is -0.359 e. The molecule has 1 heterocycles. The molecule has 11 heavy (non-hydrogen) atoms. The molecule has 0 spiro atoms. The summed E-state index contributed by atoms with van der Waals surface area (Å²) >= 11 is 0. The zero-order valence-electron chi connectivity index (χ0n) is 7.75. The van der Waals surface area contributed by atoms with Gasteiger partial charge in [-0.25, -0.2) is 0 Å². The fraction of sp³-hybridized carbons (Fsp3) is 0.778. The molecular weight excluding hydrogens is 136 g/mol. The highest BCUT2D eigenvalue weighted by atomic mass is 15.4. The van der Waals surface area contributed by atoms with Gasteiger partial charge in [0.05, 0.1) is 6.17 Å². The van der Waals surface area contributed by atoms with Crippen molar-refractivity contribution in [2.24, 2.45) is 0 Å². The minimum atomic E-state index is 0.557. The molecule has 2 heteroatoms. The monoisotopic (exact) mass is 154 g/mol. The van der Waals surface area contributed by atoms with Gasteiger partial charge in [0.1, 0.15) is 0 Å². The summed E-state index contributed by atoms with van der Waals surface area (Å²) in [6.07, 6.45) is 7.45. The van der Waals surface area contributed by atoms with Gasteiger partial charge in [-0.05, 0) is 13.3 Å². The van der Waals surface area contributed by atoms with Gasteiger partial charge in [-0.3, -0.25) is 0 Å². The fourth-order valence-corrected chi connectivity index (χ4v) is 1.28. The normalized spacial score (nSPS) is 23.4. The Kier molecular flexibility index (Phi) is 2.80. The van der Waals surface area contributed by atoms with Crippen molar-refractivity contribution in [2.45, 2.75) is 32.9 Å².